The number of carboxylic acids is 1. The lowest BCUT2D eigenvalue weighted by Crippen LogP contribution is -1.97. The molecule has 0 saturated carbocycles. The van der Waals surface area contributed by atoms with Gasteiger partial charge in [0.25, 0.3) is 11.1 Å². The van der Waals surface area contributed by atoms with Crippen molar-refractivity contribution >= 4 is 17.7 Å². The third kappa shape index (κ3) is 2.83. The molecule has 0 saturated heterocycles. The summed E-state index contributed by atoms with van der Waals surface area (Å²) in [6, 6.07) is 1.79. The van der Waals surface area contributed by atoms with Crippen molar-refractivity contribution in [2.75, 3.05) is 5.75 Å². The van der Waals surface area contributed by atoms with E-state index in [1.807, 2.05) is 6.92 Å². The van der Waals surface area contributed by atoms with Crippen LogP contribution in [0.3, 0.4) is 0 Å². The number of nitrogens with zero attached hydrogens (tertiary/aromatic N) is 4. The van der Waals surface area contributed by atoms with E-state index in [2.05, 4.69) is 20.4 Å². The normalized spacial score (nSPS) is 10.6. The zero-order valence-electron chi connectivity index (χ0n) is 9.75. The summed E-state index contributed by atoms with van der Waals surface area (Å²) < 4.78 is 5.37. The highest BCUT2D eigenvalue weighted by Gasteiger charge is 2.13. The van der Waals surface area contributed by atoms with Crippen molar-refractivity contribution in [2.45, 2.75) is 19.1 Å². The van der Waals surface area contributed by atoms with Gasteiger partial charge in [-0.05, 0) is 19.9 Å². The first-order chi connectivity index (χ1) is 8.56. The summed E-state index contributed by atoms with van der Waals surface area (Å²) in [7, 11) is 0. The number of hydrogen-bond donors (Lipinski definition) is 1. The lowest BCUT2D eigenvalue weighted by molar-refractivity contribution is -0.133. The Balaban J connectivity index is 2.23. The van der Waals surface area contributed by atoms with E-state index in [9.17, 15) is 4.79 Å². The van der Waals surface area contributed by atoms with Gasteiger partial charge in [-0.3, -0.25) is 4.79 Å². The largest absolute Gasteiger partial charge is 0.481 e. The molecule has 0 radical (unpaired) electrons. The Labute approximate surface area is 107 Å². The second-order valence-electron chi connectivity index (χ2n) is 3.54. The molecule has 18 heavy (non-hydrogen) atoms. The molecule has 0 aromatic carbocycles. The molecule has 2 rings (SSSR count). The third-order valence-electron chi connectivity index (χ3n) is 2.06. The molecular weight excluding hydrogens is 256 g/mol. The summed E-state index contributed by atoms with van der Waals surface area (Å²) in [4.78, 5) is 10.4. The van der Waals surface area contributed by atoms with Gasteiger partial charge in [0.1, 0.15) is 5.75 Å². The van der Waals surface area contributed by atoms with Gasteiger partial charge in [-0.2, -0.15) is 10.2 Å². The fourth-order valence-electron chi connectivity index (χ4n) is 1.27. The first-order valence-corrected chi connectivity index (χ1v) is 6.04. The van der Waals surface area contributed by atoms with E-state index in [1.54, 1.807) is 13.0 Å². The van der Waals surface area contributed by atoms with Gasteiger partial charge in [0.2, 0.25) is 0 Å². The maximum atomic E-state index is 10.4. The Morgan fingerprint density at radius 2 is 2.11 bits per heavy atom. The summed E-state index contributed by atoms with van der Waals surface area (Å²) in [5.74, 6) is -0.732. The van der Waals surface area contributed by atoms with Gasteiger partial charge in [-0.15, -0.1) is 10.2 Å². The van der Waals surface area contributed by atoms with Crippen molar-refractivity contribution in [3.05, 3.63) is 17.5 Å². The molecule has 0 aliphatic rings. The minimum absolute atomic E-state index is 0.117. The van der Waals surface area contributed by atoms with E-state index < -0.39 is 5.97 Å². The number of carbonyl (C=O) groups is 1. The number of aromatic nitrogens is 4. The molecule has 0 spiro atoms. The molecule has 0 amide bonds. The van der Waals surface area contributed by atoms with E-state index in [0.29, 0.717) is 17.1 Å². The third-order valence-corrected chi connectivity index (χ3v) is 2.86. The van der Waals surface area contributed by atoms with Gasteiger partial charge in [-0.25, -0.2) is 0 Å². The van der Waals surface area contributed by atoms with Crippen LogP contribution in [-0.2, 0) is 4.79 Å². The summed E-state index contributed by atoms with van der Waals surface area (Å²) in [6.07, 6.45) is 0. The summed E-state index contributed by atoms with van der Waals surface area (Å²) in [5, 5.41) is 24.3. The van der Waals surface area contributed by atoms with Crippen LogP contribution in [0.25, 0.3) is 11.5 Å². The molecule has 0 bridgehead atoms. The van der Waals surface area contributed by atoms with Gasteiger partial charge in [-0.1, -0.05) is 11.8 Å². The molecule has 2 aromatic heterocycles. The van der Waals surface area contributed by atoms with Gasteiger partial charge in [0, 0.05) is 0 Å². The predicted molar refractivity (Wildman–Crippen MR) is 63.2 cm³/mol. The lowest BCUT2D eigenvalue weighted by atomic mass is 10.2. The van der Waals surface area contributed by atoms with Crippen LogP contribution in [0.1, 0.15) is 11.4 Å². The minimum Gasteiger partial charge on any atom is -0.481 e. The Morgan fingerprint density at radius 3 is 2.83 bits per heavy atom. The minimum atomic E-state index is -0.933. The Bertz CT molecular complexity index is 584. The van der Waals surface area contributed by atoms with E-state index in [-0.39, 0.29) is 11.0 Å². The predicted octanol–water partition coefficient (Wildman–Crippen LogP) is 1.32. The van der Waals surface area contributed by atoms with Crippen LogP contribution in [0.4, 0.5) is 0 Å². The molecule has 8 heteroatoms. The van der Waals surface area contributed by atoms with Crippen LogP contribution in [-0.4, -0.2) is 37.2 Å². The van der Waals surface area contributed by atoms with Gasteiger partial charge >= 0.3 is 5.97 Å². The van der Waals surface area contributed by atoms with Crippen LogP contribution in [0.15, 0.2) is 15.7 Å². The Hall–Kier alpha value is -1.96. The van der Waals surface area contributed by atoms with E-state index >= 15 is 0 Å². The molecule has 0 aliphatic carbocycles. The number of aryl methyl sites for hydroxylation is 2. The number of carboxylic acid groups (broad SMARTS) is 1. The highest BCUT2D eigenvalue weighted by molar-refractivity contribution is 7.99. The number of rotatable bonds is 4. The Morgan fingerprint density at radius 1 is 1.33 bits per heavy atom. The highest BCUT2D eigenvalue weighted by Crippen LogP contribution is 2.24. The van der Waals surface area contributed by atoms with Crippen molar-refractivity contribution in [3.63, 3.8) is 0 Å². The molecule has 2 aromatic rings. The number of thioether (sulfide) groups is 1. The fourth-order valence-corrected chi connectivity index (χ4v) is 1.75. The van der Waals surface area contributed by atoms with Crippen LogP contribution in [0, 0.1) is 13.8 Å². The second kappa shape index (κ2) is 5.13. The smallest absolute Gasteiger partial charge is 0.314 e. The maximum absolute atomic E-state index is 10.4. The van der Waals surface area contributed by atoms with Crippen molar-refractivity contribution in [1.82, 2.24) is 20.4 Å². The SMILES string of the molecule is Cc1cc(-c2nnc(SCC(=O)O)o2)c(C)nn1. The molecule has 0 aliphatic heterocycles. The van der Waals surface area contributed by atoms with Gasteiger partial charge in [0.15, 0.2) is 0 Å². The van der Waals surface area contributed by atoms with Crippen molar-refractivity contribution in [1.29, 1.82) is 0 Å². The molecule has 7 nitrogen and oxygen atoms in total. The molecule has 2 heterocycles. The standard InChI is InChI=1S/C10H10N4O3S/c1-5-3-7(6(2)12-11-5)9-13-14-10(17-9)18-4-8(15)16/h3H,4H2,1-2H3,(H,15,16). The first-order valence-electron chi connectivity index (χ1n) is 5.05. The molecule has 0 atom stereocenters. The van der Waals surface area contributed by atoms with Crippen LogP contribution < -0.4 is 0 Å². The van der Waals surface area contributed by atoms with E-state index in [4.69, 9.17) is 9.52 Å². The zero-order chi connectivity index (χ0) is 13.1. The van der Waals surface area contributed by atoms with E-state index in [0.717, 1.165) is 17.5 Å². The molecule has 94 valence electrons. The van der Waals surface area contributed by atoms with E-state index in [1.165, 1.54) is 0 Å². The van der Waals surface area contributed by atoms with Crippen LogP contribution >= 0.6 is 11.8 Å². The molecule has 1 N–H and O–H groups in total. The summed E-state index contributed by atoms with van der Waals surface area (Å²) in [6.45, 7) is 3.60. The summed E-state index contributed by atoms with van der Waals surface area (Å²) >= 11 is 0.978. The lowest BCUT2D eigenvalue weighted by Gasteiger charge is -1.99. The first kappa shape index (κ1) is 12.5. The molecular formula is C10H10N4O3S. The average molecular weight is 266 g/mol. The number of aliphatic carboxylic acids is 1. The summed E-state index contributed by atoms with van der Waals surface area (Å²) in [5.41, 5.74) is 2.13. The van der Waals surface area contributed by atoms with Gasteiger partial charge < -0.3 is 9.52 Å². The maximum Gasteiger partial charge on any atom is 0.314 e. The van der Waals surface area contributed by atoms with Crippen molar-refractivity contribution < 1.29 is 14.3 Å². The quantitative estimate of drug-likeness (QED) is 0.826. The highest BCUT2D eigenvalue weighted by atomic mass is 32.2. The Kier molecular flexibility index (Phi) is 3.56. The monoisotopic (exact) mass is 266 g/mol. The van der Waals surface area contributed by atoms with Crippen LogP contribution in [0.2, 0.25) is 0 Å². The zero-order valence-corrected chi connectivity index (χ0v) is 10.6. The second-order valence-corrected chi connectivity index (χ2v) is 4.47. The average Bonchev–Trinajstić information content (AvgIpc) is 2.78. The van der Waals surface area contributed by atoms with Crippen molar-refractivity contribution in [3.8, 4) is 11.5 Å². The van der Waals surface area contributed by atoms with Crippen LogP contribution in [0.5, 0.6) is 0 Å². The molecule has 0 unspecified atom stereocenters. The fraction of sp³-hybridized carbons (Fsp3) is 0.300. The topological polar surface area (TPSA) is 102 Å². The molecule has 0 fully saturated rings. The van der Waals surface area contributed by atoms with Gasteiger partial charge in [0.05, 0.1) is 17.0 Å². The number of hydrogen-bond acceptors (Lipinski definition) is 7. The van der Waals surface area contributed by atoms with Crippen molar-refractivity contribution in [2.24, 2.45) is 0 Å².